The number of rotatable bonds is 3. The van der Waals surface area contributed by atoms with Crippen molar-refractivity contribution < 1.29 is 0 Å². The molecule has 0 atom stereocenters. The highest BCUT2D eigenvalue weighted by atomic mass is 32.2. The van der Waals surface area contributed by atoms with Gasteiger partial charge in [0.05, 0.1) is 6.54 Å². The first-order valence-electron chi connectivity index (χ1n) is 6.16. The number of thioether (sulfide) groups is 1. The molecule has 102 valence electrons. The summed E-state index contributed by atoms with van der Waals surface area (Å²) in [7, 11) is 0. The van der Waals surface area contributed by atoms with Crippen LogP contribution in [0.25, 0.3) is 0 Å². The molecule has 0 saturated heterocycles. The second-order valence-corrected chi connectivity index (χ2v) is 5.15. The Hall–Kier alpha value is -2.03. The van der Waals surface area contributed by atoms with Crippen LogP contribution in [0.2, 0.25) is 0 Å². The van der Waals surface area contributed by atoms with E-state index in [1.165, 1.54) is 17.8 Å². The van der Waals surface area contributed by atoms with Crippen LogP contribution in [0.1, 0.15) is 16.8 Å². The van der Waals surface area contributed by atoms with Gasteiger partial charge in [-0.05, 0) is 24.6 Å². The summed E-state index contributed by atoms with van der Waals surface area (Å²) in [6.07, 6.45) is 0. The fourth-order valence-electron chi connectivity index (χ4n) is 1.66. The lowest BCUT2D eigenvalue weighted by atomic mass is 10.1. The molecule has 0 saturated carbocycles. The summed E-state index contributed by atoms with van der Waals surface area (Å²) in [5, 5.41) is 0.633. The molecule has 0 unspecified atom stereocenters. The Morgan fingerprint density at radius 2 is 2.25 bits per heavy atom. The summed E-state index contributed by atoms with van der Waals surface area (Å²) < 4.78 is 0. The Labute approximate surface area is 121 Å². The second-order valence-electron chi connectivity index (χ2n) is 4.19. The zero-order valence-electron chi connectivity index (χ0n) is 11.1. The van der Waals surface area contributed by atoms with E-state index >= 15 is 0 Å². The summed E-state index contributed by atoms with van der Waals surface area (Å²) in [6, 6.07) is 9.43. The normalized spacial score (nSPS) is 9.90. The number of H-pyrrole nitrogens is 1. The molecule has 0 amide bonds. The highest BCUT2D eigenvalue weighted by molar-refractivity contribution is 7.98. The number of nitrogens with zero attached hydrogens (tertiary/aromatic N) is 1. The van der Waals surface area contributed by atoms with Gasteiger partial charge in [0, 0.05) is 23.1 Å². The van der Waals surface area contributed by atoms with Crippen molar-refractivity contribution in [1.82, 2.24) is 9.97 Å². The first-order chi connectivity index (χ1) is 9.67. The number of nitrogens with one attached hydrogen (secondary N) is 1. The van der Waals surface area contributed by atoms with Gasteiger partial charge >= 0.3 is 0 Å². The van der Waals surface area contributed by atoms with Gasteiger partial charge in [-0.2, -0.15) is 0 Å². The van der Waals surface area contributed by atoms with Gasteiger partial charge in [0.2, 0.25) is 0 Å². The molecule has 2 aromatic rings. The summed E-state index contributed by atoms with van der Waals surface area (Å²) in [4.78, 5) is 18.4. The van der Waals surface area contributed by atoms with E-state index in [2.05, 4.69) is 21.8 Å². The Balaban J connectivity index is 2.08. The summed E-state index contributed by atoms with van der Waals surface area (Å²) in [5.74, 6) is 6.56. The van der Waals surface area contributed by atoms with E-state index in [0.29, 0.717) is 11.7 Å². The van der Waals surface area contributed by atoms with Gasteiger partial charge in [0.15, 0.2) is 5.16 Å². The quantitative estimate of drug-likeness (QED) is 0.511. The van der Waals surface area contributed by atoms with Gasteiger partial charge in [-0.3, -0.25) is 4.79 Å². The minimum Gasteiger partial charge on any atom is -0.320 e. The number of hydrogen-bond acceptors (Lipinski definition) is 4. The minimum atomic E-state index is -0.123. The van der Waals surface area contributed by atoms with Crippen LogP contribution in [-0.2, 0) is 5.75 Å². The van der Waals surface area contributed by atoms with E-state index in [4.69, 9.17) is 5.73 Å². The fourth-order valence-corrected chi connectivity index (χ4v) is 2.53. The van der Waals surface area contributed by atoms with Crippen LogP contribution in [0, 0.1) is 18.8 Å². The van der Waals surface area contributed by atoms with Gasteiger partial charge in [-0.1, -0.05) is 35.7 Å². The maximum Gasteiger partial charge on any atom is 0.251 e. The van der Waals surface area contributed by atoms with E-state index in [1.807, 2.05) is 31.2 Å². The van der Waals surface area contributed by atoms with Crippen molar-refractivity contribution in [3.05, 3.63) is 57.5 Å². The third kappa shape index (κ3) is 4.26. The standard InChI is InChI=1S/C15H15N3OS/c1-11-8-14(19)18-15(17-11)20-10-13-5-2-4-12(9-13)6-3-7-16/h2,4-5,8-9H,7,10,16H2,1H3,(H,17,18,19). The number of aromatic nitrogens is 2. The lowest BCUT2D eigenvalue weighted by molar-refractivity contribution is 0.905. The van der Waals surface area contributed by atoms with Crippen LogP contribution in [-0.4, -0.2) is 16.5 Å². The van der Waals surface area contributed by atoms with Crippen LogP contribution >= 0.6 is 11.8 Å². The second kappa shape index (κ2) is 6.94. The van der Waals surface area contributed by atoms with E-state index in [-0.39, 0.29) is 5.56 Å². The third-order valence-corrected chi connectivity index (χ3v) is 3.43. The number of benzene rings is 1. The zero-order valence-corrected chi connectivity index (χ0v) is 12.0. The Bertz CT molecular complexity index is 713. The molecule has 5 heteroatoms. The zero-order chi connectivity index (χ0) is 14.4. The Kier molecular flexibility index (Phi) is 4.99. The predicted octanol–water partition coefficient (Wildman–Crippen LogP) is 1.68. The molecule has 0 fully saturated rings. The molecule has 1 heterocycles. The van der Waals surface area contributed by atoms with Crippen LogP contribution in [0.3, 0.4) is 0 Å². The fraction of sp³-hybridized carbons (Fsp3) is 0.200. The first kappa shape index (κ1) is 14.4. The van der Waals surface area contributed by atoms with Crippen molar-refractivity contribution in [3.8, 4) is 11.8 Å². The Morgan fingerprint density at radius 1 is 1.40 bits per heavy atom. The number of nitrogens with two attached hydrogens (primary N) is 1. The SMILES string of the molecule is Cc1cc(=O)[nH]c(SCc2cccc(C#CCN)c2)n1. The lowest BCUT2D eigenvalue weighted by Crippen LogP contribution is -2.08. The highest BCUT2D eigenvalue weighted by Gasteiger charge is 2.01. The molecule has 1 aromatic carbocycles. The molecular formula is C15H15N3OS. The molecule has 0 aliphatic heterocycles. The largest absolute Gasteiger partial charge is 0.320 e. The van der Waals surface area contributed by atoms with Crippen molar-refractivity contribution in [2.24, 2.45) is 5.73 Å². The van der Waals surface area contributed by atoms with Crippen LogP contribution in [0.5, 0.6) is 0 Å². The summed E-state index contributed by atoms with van der Waals surface area (Å²) >= 11 is 1.49. The van der Waals surface area contributed by atoms with Gasteiger partial charge in [0.1, 0.15) is 0 Å². The predicted molar refractivity (Wildman–Crippen MR) is 81.5 cm³/mol. The molecule has 0 radical (unpaired) electrons. The topological polar surface area (TPSA) is 71.8 Å². The molecule has 20 heavy (non-hydrogen) atoms. The Morgan fingerprint density at radius 3 is 3.00 bits per heavy atom. The van der Waals surface area contributed by atoms with Gasteiger partial charge < -0.3 is 10.7 Å². The maximum absolute atomic E-state index is 11.4. The van der Waals surface area contributed by atoms with Crippen molar-refractivity contribution >= 4 is 11.8 Å². The average Bonchev–Trinajstić information content (AvgIpc) is 2.42. The number of hydrogen-bond donors (Lipinski definition) is 2. The van der Waals surface area contributed by atoms with Crippen molar-refractivity contribution in [3.63, 3.8) is 0 Å². The molecule has 1 aromatic heterocycles. The molecular weight excluding hydrogens is 270 g/mol. The molecule has 2 rings (SSSR count). The van der Waals surface area contributed by atoms with Crippen molar-refractivity contribution in [2.75, 3.05) is 6.54 Å². The first-order valence-corrected chi connectivity index (χ1v) is 7.14. The molecule has 4 nitrogen and oxygen atoms in total. The molecule has 3 N–H and O–H groups in total. The molecule has 0 bridgehead atoms. The molecule has 0 aliphatic rings. The van der Waals surface area contributed by atoms with E-state index in [1.54, 1.807) is 0 Å². The average molecular weight is 285 g/mol. The van der Waals surface area contributed by atoms with Gasteiger partial charge in [-0.25, -0.2) is 4.98 Å². The third-order valence-electron chi connectivity index (χ3n) is 2.49. The smallest absolute Gasteiger partial charge is 0.251 e. The van der Waals surface area contributed by atoms with E-state index in [9.17, 15) is 4.79 Å². The van der Waals surface area contributed by atoms with E-state index < -0.39 is 0 Å². The number of aromatic amines is 1. The number of aryl methyl sites for hydroxylation is 1. The van der Waals surface area contributed by atoms with Crippen LogP contribution in [0.4, 0.5) is 0 Å². The monoisotopic (exact) mass is 285 g/mol. The molecule has 0 aliphatic carbocycles. The maximum atomic E-state index is 11.4. The van der Waals surface area contributed by atoms with E-state index in [0.717, 1.165) is 22.6 Å². The van der Waals surface area contributed by atoms with Gasteiger partial charge in [0.25, 0.3) is 5.56 Å². The lowest BCUT2D eigenvalue weighted by Gasteiger charge is -2.02. The van der Waals surface area contributed by atoms with Gasteiger partial charge in [-0.15, -0.1) is 0 Å². The molecule has 0 spiro atoms. The minimum absolute atomic E-state index is 0.123. The summed E-state index contributed by atoms with van der Waals surface area (Å²) in [6.45, 7) is 2.16. The van der Waals surface area contributed by atoms with Crippen LogP contribution in [0.15, 0.2) is 40.3 Å². The van der Waals surface area contributed by atoms with Crippen molar-refractivity contribution in [2.45, 2.75) is 17.8 Å². The highest BCUT2D eigenvalue weighted by Crippen LogP contribution is 2.18. The van der Waals surface area contributed by atoms with Crippen LogP contribution < -0.4 is 11.3 Å². The summed E-state index contributed by atoms with van der Waals surface area (Å²) in [5.41, 5.74) is 8.03. The van der Waals surface area contributed by atoms with Crippen molar-refractivity contribution in [1.29, 1.82) is 0 Å².